The zero-order chi connectivity index (χ0) is 17.5. The van der Waals surface area contributed by atoms with Crippen LogP contribution in [-0.4, -0.2) is 29.8 Å². The number of hydrogen-bond acceptors (Lipinski definition) is 5. The van der Waals surface area contributed by atoms with Crippen LogP contribution < -0.4 is 4.74 Å². The Morgan fingerprint density at radius 2 is 1.88 bits per heavy atom. The normalized spacial score (nSPS) is 12.4. The van der Waals surface area contributed by atoms with Gasteiger partial charge >= 0.3 is 0 Å². The number of ether oxygens (including phenoxy) is 1. The Hall–Kier alpha value is -2.29. The van der Waals surface area contributed by atoms with Gasteiger partial charge in [0.05, 0.1) is 20.3 Å². The molecule has 128 valence electrons. The molecule has 0 fully saturated rings. The summed E-state index contributed by atoms with van der Waals surface area (Å²) in [6.45, 7) is 5.46. The van der Waals surface area contributed by atoms with Crippen LogP contribution in [0.5, 0.6) is 5.75 Å². The van der Waals surface area contributed by atoms with Gasteiger partial charge in [-0.15, -0.1) is 0 Å². The first kappa shape index (κ1) is 18.1. The fourth-order valence-electron chi connectivity index (χ4n) is 2.73. The van der Waals surface area contributed by atoms with E-state index in [0.29, 0.717) is 24.8 Å². The number of benzene rings is 1. The molecule has 0 radical (unpaired) electrons. The summed E-state index contributed by atoms with van der Waals surface area (Å²) in [6, 6.07) is 13.4. The molecule has 0 spiro atoms. The molecular weight excluding hydrogens is 304 g/mol. The molecule has 1 N–H and O–H groups in total. The van der Waals surface area contributed by atoms with Gasteiger partial charge < -0.3 is 14.3 Å². The number of furan rings is 1. The van der Waals surface area contributed by atoms with Crippen LogP contribution in [0.15, 0.2) is 40.8 Å². The van der Waals surface area contributed by atoms with Gasteiger partial charge in [0.1, 0.15) is 17.6 Å². The second-order valence-electron chi connectivity index (χ2n) is 6.12. The molecule has 1 heterocycles. The van der Waals surface area contributed by atoms with Crippen molar-refractivity contribution in [2.45, 2.75) is 33.0 Å². The molecule has 0 aliphatic carbocycles. The fraction of sp³-hybridized carbons (Fsp3) is 0.421. The Morgan fingerprint density at radius 1 is 1.17 bits per heavy atom. The summed E-state index contributed by atoms with van der Waals surface area (Å²) in [7, 11) is 1.64. The van der Waals surface area contributed by atoms with Gasteiger partial charge in [-0.2, -0.15) is 5.26 Å². The number of methoxy groups -OCH3 is 1. The number of hydrogen-bond donors (Lipinski definition) is 1. The van der Waals surface area contributed by atoms with Crippen LogP contribution in [0.4, 0.5) is 0 Å². The zero-order valence-corrected chi connectivity index (χ0v) is 14.4. The van der Waals surface area contributed by atoms with E-state index in [2.05, 4.69) is 18.7 Å². The molecule has 0 saturated carbocycles. The van der Waals surface area contributed by atoms with Crippen molar-refractivity contribution in [2.24, 2.45) is 5.92 Å². The van der Waals surface area contributed by atoms with Crippen LogP contribution in [-0.2, 0) is 13.1 Å². The van der Waals surface area contributed by atoms with Crippen molar-refractivity contribution in [1.82, 2.24) is 4.90 Å². The van der Waals surface area contributed by atoms with E-state index >= 15 is 0 Å². The summed E-state index contributed by atoms with van der Waals surface area (Å²) in [5.41, 5.74) is 1.13. The Morgan fingerprint density at radius 3 is 2.38 bits per heavy atom. The van der Waals surface area contributed by atoms with Crippen LogP contribution in [0.3, 0.4) is 0 Å². The maximum atomic E-state index is 9.81. The summed E-state index contributed by atoms with van der Waals surface area (Å²) in [4.78, 5) is 2.17. The summed E-state index contributed by atoms with van der Waals surface area (Å²) in [5.74, 6) is 2.13. The van der Waals surface area contributed by atoms with Crippen molar-refractivity contribution >= 4 is 0 Å². The smallest absolute Gasteiger partial charge is 0.203 e. The Balaban J connectivity index is 2.19. The average molecular weight is 328 g/mol. The molecule has 0 unspecified atom stereocenters. The Kier molecular flexibility index (Phi) is 6.42. The molecule has 0 aliphatic rings. The van der Waals surface area contributed by atoms with Gasteiger partial charge in [-0.1, -0.05) is 26.0 Å². The van der Waals surface area contributed by atoms with Gasteiger partial charge in [-0.3, -0.25) is 4.90 Å². The summed E-state index contributed by atoms with van der Waals surface area (Å²) in [6.07, 6.45) is 0. The van der Waals surface area contributed by atoms with Crippen molar-refractivity contribution in [1.29, 1.82) is 5.26 Å². The van der Waals surface area contributed by atoms with Gasteiger partial charge in [-0.05, 0) is 35.7 Å². The van der Waals surface area contributed by atoms with Gasteiger partial charge in [-0.25, -0.2) is 0 Å². The van der Waals surface area contributed by atoms with E-state index in [1.807, 2.05) is 36.4 Å². The number of aliphatic hydroxyl groups is 1. The lowest BCUT2D eigenvalue weighted by Gasteiger charge is -2.32. The topological polar surface area (TPSA) is 69.6 Å². The number of nitriles is 1. The third-order valence-corrected chi connectivity index (χ3v) is 4.10. The van der Waals surface area contributed by atoms with Crippen molar-refractivity contribution in [3.63, 3.8) is 0 Å². The van der Waals surface area contributed by atoms with Crippen LogP contribution in [0.25, 0.3) is 0 Å². The predicted octanol–water partition coefficient (Wildman–Crippen LogP) is 3.18. The first-order chi connectivity index (χ1) is 11.6. The maximum absolute atomic E-state index is 9.81. The minimum Gasteiger partial charge on any atom is -0.497 e. The van der Waals surface area contributed by atoms with Crippen LogP contribution in [0, 0.1) is 17.2 Å². The second-order valence-corrected chi connectivity index (χ2v) is 6.12. The molecular formula is C19H24N2O3. The molecule has 0 bridgehead atoms. The highest BCUT2D eigenvalue weighted by molar-refractivity contribution is 5.27. The van der Waals surface area contributed by atoms with E-state index in [9.17, 15) is 5.11 Å². The molecule has 24 heavy (non-hydrogen) atoms. The molecule has 2 aromatic rings. The number of nitrogens with zero attached hydrogens (tertiary/aromatic N) is 2. The number of aliphatic hydroxyl groups excluding tert-OH is 1. The fourth-order valence-corrected chi connectivity index (χ4v) is 2.73. The minimum absolute atomic E-state index is 0.00253. The van der Waals surface area contributed by atoms with E-state index in [-0.39, 0.29) is 12.6 Å². The highest BCUT2D eigenvalue weighted by atomic mass is 16.5. The minimum atomic E-state index is 0.00253. The van der Waals surface area contributed by atoms with E-state index in [4.69, 9.17) is 14.4 Å². The average Bonchev–Trinajstić information content (AvgIpc) is 3.03. The SMILES string of the molecule is COc1ccc(CN(Cc2ccc(C#N)o2)[C@H](CO)C(C)C)cc1. The molecule has 5 nitrogen and oxygen atoms in total. The molecule has 0 saturated heterocycles. The highest BCUT2D eigenvalue weighted by Crippen LogP contribution is 2.20. The van der Waals surface area contributed by atoms with Crippen molar-refractivity contribution < 1.29 is 14.3 Å². The first-order valence-corrected chi connectivity index (χ1v) is 8.04. The van der Waals surface area contributed by atoms with E-state index in [0.717, 1.165) is 17.1 Å². The van der Waals surface area contributed by atoms with Crippen LogP contribution in [0.1, 0.15) is 30.9 Å². The summed E-state index contributed by atoms with van der Waals surface area (Å²) in [5, 5.41) is 18.7. The second kappa shape index (κ2) is 8.53. The monoisotopic (exact) mass is 328 g/mol. The molecule has 0 amide bonds. The predicted molar refractivity (Wildman–Crippen MR) is 91.4 cm³/mol. The van der Waals surface area contributed by atoms with E-state index in [1.54, 1.807) is 13.2 Å². The molecule has 0 aliphatic heterocycles. The maximum Gasteiger partial charge on any atom is 0.203 e. The molecule has 1 aromatic carbocycles. The lowest BCUT2D eigenvalue weighted by Crippen LogP contribution is -2.40. The first-order valence-electron chi connectivity index (χ1n) is 8.04. The van der Waals surface area contributed by atoms with Gasteiger partial charge in [0.25, 0.3) is 0 Å². The van der Waals surface area contributed by atoms with Crippen molar-refractivity contribution in [2.75, 3.05) is 13.7 Å². The Labute approximate surface area is 143 Å². The third kappa shape index (κ3) is 4.60. The number of rotatable bonds is 8. The lowest BCUT2D eigenvalue weighted by atomic mass is 10.0. The van der Waals surface area contributed by atoms with E-state index < -0.39 is 0 Å². The van der Waals surface area contributed by atoms with Gasteiger partial charge in [0.15, 0.2) is 0 Å². The largest absolute Gasteiger partial charge is 0.497 e. The van der Waals surface area contributed by atoms with E-state index in [1.165, 1.54) is 0 Å². The summed E-state index contributed by atoms with van der Waals surface area (Å²) >= 11 is 0. The molecule has 5 heteroatoms. The van der Waals surface area contributed by atoms with Crippen LogP contribution >= 0.6 is 0 Å². The quantitative estimate of drug-likeness (QED) is 0.806. The molecule has 2 rings (SSSR count). The third-order valence-electron chi connectivity index (χ3n) is 4.10. The Bertz CT molecular complexity index is 671. The lowest BCUT2D eigenvalue weighted by molar-refractivity contribution is 0.0727. The standard InChI is InChI=1S/C19H24N2O3/c1-14(2)19(13-22)21(12-18-9-8-17(10-20)24-18)11-15-4-6-16(23-3)7-5-15/h4-9,14,19,22H,11-13H2,1-3H3/t19-/m1/s1. The van der Waals surface area contributed by atoms with Crippen LogP contribution in [0.2, 0.25) is 0 Å². The highest BCUT2D eigenvalue weighted by Gasteiger charge is 2.22. The molecule has 1 aromatic heterocycles. The summed E-state index contributed by atoms with van der Waals surface area (Å²) < 4.78 is 10.7. The van der Waals surface area contributed by atoms with Crippen molar-refractivity contribution in [3.8, 4) is 11.8 Å². The molecule has 1 atom stereocenters. The van der Waals surface area contributed by atoms with Crippen molar-refractivity contribution in [3.05, 3.63) is 53.5 Å². The zero-order valence-electron chi connectivity index (χ0n) is 14.4. The van der Waals surface area contributed by atoms with Gasteiger partial charge in [0.2, 0.25) is 5.76 Å². The van der Waals surface area contributed by atoms with Gasteiger partial charge in [0, 0.05) is 12.6 Å².